The minimum absolute atomic E-state index is 0.0389. The maximum absolute atomic E-state index is 12.8. The summed E-state index contributed by atoms with van der Waals surface area (Å²) in [7, 11) is -3.64. The quantitative estimate of drug-likeness (QED) is 0.693. The standard InChI is InChI=1S/C19H21N3O4S2/c1-11-6-7-12(2)17-16(11)20-19(27-17)21-18(23)14-10-15(13(3)26-14)28(24,25)22-8-4-5-9-22/h6-7,10H,4-5,8-9H2,1-3H3,(H,20,21,23). The number of furan rings is 1. The molecule has 0 spiro atoms. The summed E-state index contributed by atoms with van der Waals surface area (Å²) in [5, 5.41) is 3.18. The fourth-order valence-electron chi connectivity index (χ4n) is 3.37. The summed E-state index contributed by atoms with van der Waals surface area (Å²) in [6.07, 6.45) is 1.69. The first-order valence-corrected chi connectivity index (χ1v) is 11.3. The minimum atomic E-state index is -3.64. The molecule has 1 fully saturated rings. The van der Waals surface area contributed by atoms with E-state index < -0.39 is 15.9 Å². The number of nitrogens with one attached hydrogen (secondary N) is 1. The topological polar surface area (TPSA) is 92.5 Å². The van der Waals surface area contributed by atoms with Gasteiger partial charge in [0, 0.05) is 19.2 Å². The Kier molecular flexibility index (Phi) is 4.76. The van der Waals surface area contributed by atoms with E-state index in [0.29, 0.717) is 18.2 Å². The Bertz CT molecular complexity index is 1130. The highest BCUT2D eigenvalue weighted by molar-refractivity contribution is 7.89. The highest BCUT2D eigenvalue weighted by Gasteiger charge is 2.31. The molecule has 7 nitrogen and oxygen atoms in total. The lowest BCUT2D eigenvalue weighted by molar-refractivity contribution is 0.0995. The van der Waals surface area contributed by atoms with Crippen LogP contribution in [-0.2, 0) is 10.0 Å². The number of anilines is 1. The van der Waals surface area contributed by atoms with Crippen molar-refractivity contribution in [2.75, 3.05) is 18.4 Å². The SMILES string of the molecule is Cc1oc(C(=O)Nc2nc3c(C)ccc(C)c3s2)cc1S(=O)(=O)N1CCCC1. The van der Waals surface area contributed by atoms with Crippen molar-refractivity contribution in [2.45, 2.75) is 38.5 Å². The predicted octanol–water partition coefficient (Wildman–Crippen LogP) is 3.85. The molecule has 0 bridgehead atoms. The third-order valence-electron chi connectivity index (χ3n) is 4.94. The Labute approximate surface area is 167 Å². The fourth-order valence-corrected chi connectivity index (χ4v) is 6.06. The molecule has 0 unspecified atom stereocenters. The number of rotatable bonds is 4. The molecule has 1 amide bonds. The van der Waals surface area contributed by atoms with Crippen LogP contribution in [0.3, 0.4) is 0 Å². The Balaban J connectivity index is 1.61. The van der Waals surface area contributed by atoms with Gasteiger partial charge in [-0.15, -0.1) is 0 Å². The summed E-state index contributed by atoms with van der Waals surface area (Å²) < 4.78 is 33.5. The lowest BCUT2D eigenvalue weighted by Crippen LogP contribution is -2.28. The van der Waals surface area contributed by atoms with Gasteiger partial charge >= 0.3 is 0 Å². The van der Waals surface area contributed by atoms with Crippen LogP contribution in [0.15, 0.2) is 27.5 Å². The molecule has 2 aromatic heterocycles. The summed E-state index contributed by atoms with van der Waals surface area (Å²) in [6, 6.07) is 5.32. The molecule has 1 aliphatic heterocycles. The van der Waals surface area contributed by atoms with Crippen molar-refractivity contribution < 1.29 is 17.6 Å². The van der Waals surface area contributed by atoms with Gasteiger partial charge in [-0.1, -0.05) is 23.5 Å². The number of amides is 1. The summed E-state index contributed by atoms with van der Waals surface area (Å²) in [5.41, 5.74) is 2.98. The van der Waals surface area contributed by atoms with Gasteiger partial charge in [0.25, 0.3) is 5.91 Å². The van der Waals surface area contributed by atoms with Crippen LogP contribution in [0.5, 0.6) is 0 Å². The average molecular weight is 420 g/mol. The number of fused-ring (bicyclic) bond motifs is 1. The summed E-state index contributed by atoms with van der Waals surface area (Å²) >= 11 is 1.39. The molecular weight excluding hydrogens is 398 g/mol. The van der Waals surface area contributed by atoms with Gasteiger partial charge < -0.3 is 4.42 Å². The van der Waals surface area contributed by atoms with Crippen LogP contribution in [-0.4, -0.2) is 36.7 Å². The zero-order valence-corrected chi connectivity index (χ0v) is 17.5. The van der Waals surface area contributed by atoms with Gasteiger partial charge in [-0.05, 0) is 44.7 Å². The Hall–Kier alpha value is -2.23. The molecule has 1 N–H and O–H groups in total. The number of carbonyl (C=O) groups is 1. The van der Waals surface area contributed by atoms with Crippen LogP contribution >= 0.6 is 11.3 Å². The first-order valence-electron chi connectivity index (χ1n) is 9.06. The van der Waals surface area contributed by atoms with E-state index in [-0.39, 0.29) is 16.4 Å². The molecule has 1 aliphatic rings. The number of benzene rings is 1. The molecule has 1 saturated heterocycles. The summed E-state index contributed by atoms with van der Waals surface area (Å²) in [5.74, 6) is -0.337. The second kappa shape index (κ2) is 6.98. The monoisotopic (exact) mass is 419 g/mol. The van der Waals surface area contributed by atoms with Crippen molar-refractivity contribution >= 4 is 42.6 Å². The van der Waals surface area contributed by atoms with Gasteiger partial charge in [0.15, 0.2) is 10.9 Å². The Morgan fingerprint density at radius 1 is 1.18 bits per heavy atom. The van der Waals surface area contributed by atoms with E-state index in [1.165, 1.54) is 21.7 Å². The van der Waals surface area contributed by atoms with Gasteiger partial charge in [0.1, 0.15) is 10.7 Å². The molecule has 0 saturated carbocycles. The van der Waals surface area contributed by atoms with Gasteiger partial charge in [0.05, 0.1) is 10.2 Å². The zero-order valence-electron chi connectivity index (χ0n) is 15.9. The molecule has 1 aromatic carbocycles. The van der Waals surface area contributed by atoms with Crippen molar-refractivity contribution in [2.24, 2.45) is 0 Å². The van der Waals surface area contributed by atoms with Crippen molar-refractivity contribution in [3.8, 4) is 0 Å². The number of hydrogen-bond donors (Lipinski definition) is 1. The van der Waals surface area contributed by atoms with E-state index >= 15 is 0 Å². The second-order valence-electron chi connectivity index (χ2n) is 6.99. The van der Waals surface area contributed by atoms with E-state index in [1.54, 1.807) is 6.92 Å². The van der Waals surface area contributed by atoms with Crippen LogP contribution in [0, 0.1) is 20.8 Å². The fraction of sp³-hybridized carbons (Fsp3) is 0.368. The molecule has 3 aromatic rings. The summed E-state index contributed by atoms with van der Waals surface area (Å²) in [6.45, 7) is 6.53. The molecule has 28 heavy (non-hydrogen) atoms. The minimum Gasteiger partial charge on any atom is -0.455 e. The highest BCUT2D eigenvalue weighted by atomic mass is 32.2. The highest BCUT2D eigenvalue weighted by Crippen LogP contribution is 2.32. The molecule has 9 heteroatoms. The smallest absolute Gasteiger partial charge is 0.293 e. The zero-order chi connectivity index (χ0) is 20.1. The van der Waals surface area contributed by atoms with Crippen molar-refractivity contribution in [3.05, 3.63) is 40.8 Å². The third-order valence-corrected chi connectivity index (χ3v) is 8.05. The number of nitrogens with zero attached hydrogens (tertiary/aromatic N) is 2. The van der Waals surface area contributed by atoms with E-state index in [1.807, 2.05) is 26.0 Å². The molecule has 0 radical (unpaired) electrons. The molecule has 4 rings (SSSR count). The van der Waals surface area contributed by atoms with Crippen LogP contribution in [0.1, 0.15) is 40.3 Å². The predicted molar refractivity (Wildman–Crippen MR) is 108 cm³/mol. The van der Waals surface area contributed by atoms with E-state index in [2.05, 4.69) is 10.3 Å². The van der Waals surface area contributed by atoms with Gasteiger partial charge in [0.2, 0.25) is 10.0 Å². The van der Waals surface area contributed by atoms with Gasteiger partial charge in [-0.25, -0.2) is 13.4 Å². The lowest BCUT2D eigenvalue weighted by atomic mass is 10.1. The number of thiazole rings is 1. The number of aryl methyl sites for hydroxylation is 3. The van der Waals surface area contributed by atoms with E-state index in [9.17, 15) is 13.2 Å². The number of carbonyl (C=O) groups excluding carboxylic acids is 1. The Morgan fingerprint density at radius 3 is 2.54 bits per heavy atom. The maximum Gasteiger partial charge on any atom is 0.293 e. The number of hydrogen-bond acceptors (Lipinski definition) is 6. The molecular formula is C19H21N3O4S2. The van der Waals surface area contributed by atoms with E-state index in [0.717, 1.165) is 34.2 Å². The number of sulfonamides is 1. The van der Waals surface area contributed by atoms with Crippen molar-refractivity contribution in [1.82, 2.24) is 9.29 Å². The lowest BCUT2D eigenvalue weighted by Gasteiger charge is -2.14. The van der Waals surface area contributed by atoms with Gasteiger partial charge in [-0.3, -0.25) is 10.1 Å². The normalized spacial score (nSPS) is 15.4. The van der Waals surface area contributed by atoms with Gasteiger partial charge in [-0.2, -0.15) is 4.31 Å². The Morgan fingerprint density at radius 2 is 1.86 bits per heavy atom. The molecule has 148 valence electrons. The maximum atomic E-state index is 12.8. The first kappa shape index (κ1) is 19.1. The first-order chi connectivity index (χ1) is 13.3. The van der Waals surface area contributed by atoms with Crippen LogP contribution in [0.4, 0.5) is 5.13 Å². The molecule has 0 atom stereocenters. The van der Waals surface area contributed by atoms with Crippen molar-refractivity contribution in [3.63, 3.8) is 0 Å². The van der Waals surface area contributed by atoms with Crippen LogP contribution in [0.25, 0.3) is 10.2 Å². The van der Waals surface area contributed by atoms with Crippen molar-refractivity contribution in [1.29, 1.82) is 0 Å². The van der Waals surface area contributed by atoms with Crippen LogP contribution < -0.4 is 5.32 Å². The van der Waals surface area contributed by atoms with Crippen LogP contribution in [0.2, 0.25) is 0 Å². The second-order valence-corrected chi connectivity index (χ2v) is 9.90. The average Bonchev–Trinajstić information content (AvgIpc) is 3.37. The number of aromatic nitrogens is 1. The molecule has 0 aliphatic carbocycles. The largest absolute Gasteiger partial charge is 0.455 e. The molecule has 3 heterocycles. The summed E-state index contributed by atoms with van der Waals surface area (Å²) in [4.78, 5) is 17.2. The van der Waals surface area contributed by atoms with E-state index in [4.69, 9.17) is 4.42 Å². The third kappa shape index (κ3) is 3.23.